The van der Waals surface area contributed by atoms with Gasteiger partial charge in [0.15, 0.2) is 0 Å². The van der Waals surface area contributed by atoms with E-state index in [-0.39, 0.29) is 5.82 Å². The molecule has 0 spiro atoms. The van der Waals surface area contributed by atoms with Crippen LogP contribution in [-0.4, -0.2) is 87.4 Å². The molecule has 4 aromatic heterocycles. The summed E-state index contributed by atoms with van der Waals surface area (Å²) in [5, 5.41) is 9.76. The van der Waals surface area contributed by atoms with Crippen LogP contribution in [0.25, 0.3) is 55.4 Å². The Labute approximate surface area is 272 Å². The molecule has 47 heavy (non-hydrogen) atoms. The molecule has 6 aromatic rings. The van der Waals surface area contributed by atoms with Gasteiger partial charge in [0.05, 0.1) is 29.1 Å². The molecule has 2 fully saturated rings. The van der Waals surface area contributed by atoms with Crippen molar-refractivity contribution in [3.05, 3.63) is 79.1 Å². The van der Waals surface area contributed by atoms with Crippen molar-refractivity contribution in [1.29, 1.82) is 0 Å². The Hall–Kier alpha value is -4.80. The zero-order valence-electron chi connectivity index (χ0n) is 26.3. The van der Waals surface area contributed by atoms with Crippen LogP contribution in [0.2, 0.25) is 0 Å². The fourth-order valence-corrected chi connectivity index (χ4v) is 6.86. The highest BCUT2D eigenvalue weighted by atomic mass is 19.1. The average molecular weight is 632 g/mol. The third-order valence-corrected chi connectivity index (χ3v) is 9.34. The molecule has 2 N–H and O–H groups in total. The number of aromatic nitrogens is 5. The number of hydrogen-bond donors (Lipinski definition) is 2. The summed E-state index contributed by atoms with van der Waals surface area (Å²) in [5.74, 6) is 0.948. The fraction of sp³-hybridized carbons (Fsp3) is 0.324. The molecule has 2 aliphatic rings. The highest BCUT2D eigenvalue weighted by Crippen LogP contribution is 2.36. The molecule has 2 aliphatic heterocycles. The predicted octanol–water partition coefficient (Wildman–Crippen LogP) is 6.92. The first-order chi connectivity index (χ1) is 23.2. The van der Waals surface area contributed by atoms with Crippen LogP contribution in [0.5, 0.6) is 11.5 Å². The topological polar surface area (TPSA) is 95.2 Å². The van der Waals surface area contributed by atoms with E-state index in [0.717, 1.165) is 94.9 Å². The van der Waals surface area contributed by atoms with Crippen LogP contribution in [0.4, 0.5) is 4.39 Å². The molecule has 0 radical (unpaired) electrons. The molecule has 0 saturated carbocycles. The molecule has 8 rings (SSSR count). The molecule has 0 atom stereocenters. The summed E-state index contributed by atoms with van der Waals surface area (Å²) in [5.41, 5.74) is 6.93. The summed E-state index contributed by atoms with van der Waals surface area (Å²) in [7, 11) is 0. The van der Waals surface area contributed by atoms with Crippen LogP contribution in [0.15, 0.2) is 73.3 Å². The van der Waals surface area contributed by atoms with Gasteiger partial charge in [0.25, 0.3) is 0 Å². The number of ether oxygens (including phenoxy) is 2. The quantitative estimate of drug-likeness (QED) is 0.160. The van der Waals surface area contributed by atoms with Crippen molar-refractivity contribution >= 4 is 21.8 Å². The summed E-state index contributed by atoms with van der Waals surface area (Å²) in [4.78, 5) is 17.3. The minimum Gasteiger partial charge on any atom is -0.492 e. The Morgan fingerprint density at radius 1 is 0.660 bits per heavy atom. The maximum absolute atomic E-state index is 14.8. The van der Waals surface area contributed by atoms with Gasteiger partial charge in [-0.25, -0.2) is 4.39 Å². The number of halogens is 1. The normalized spacial score (nSPS) is 15.7. The zero-order valence-corrected chi connectivity index (χ0v) is 26.3. The lowest BCUT2D eigenvalue weighted by atomic mass is 10.0. The number of nitrogens with zero attached hydrogens (tertiary/aromatic N) is 5. The molecular weight excluding hydrogens is 593 g/mol. The second-order valence-corrected chi connectivity index (χ2v) is 12.5. The third kappa shape index (κ3) is 6.43. The third-order valence-electron chi connectivity index (χ3n) is 9.34. The van der Waals surface area contributed by atoms with Crippen molar-refractivity contribution in [2.75, 3.05) is 52.5 Å². The van der Waals surface area contributed by atoms with Crippen LogP contribution in [-0.2, 0) is 0 Å². The second-order valence-electron chi connectivity index (χ2n) is 12.5. The monoisotopic (exact) mass is 631 g/mol. The van der Waals surface area contributed by atoms with Gasteiger partial charge in [0.1, 0.15) is 36.2 Å². The smallest absolute Gasteiger partial charge is 0.138 e. The van der Waals surface area contributed by atoms with E-state index in [9.17, 15) is 4.39 Å². The summed E-state index contributed by atoms with van der Waals surface area (Å²) in [6.45, 7) is 7.47. The standard InChI is InChI=1S/C37H38FN7O2/c38-28-15-26(16-29(19-28)46-13-11-44-7-1-2-8-44)33-23-40-24-36-31(33)20-35(41-36)37-32-18-25(5-6-34(32)42-43-37)27-17-30(22-39-21-27)47-14-12-45-9-3-4-10-45/h5-6,15-24,41H,1-4,7-14H2,(H,42,43). The zero-order chi connectivity index (χ0) is 31.6. The van der Waals surface area contributed by atoms with Gasteiger partial charge in [-0.2, -0.15) is 5.10 Å². The Kier molecular flexibility index (Phi) is 8.27. The van der Waals surface area contributed by atoms with Gasteiger partial charge >= 0.3 is 0 Å². The lowest BCUT2D eigenvalue weighted by Crippen LogP contribution is -2.25. The first kappa shape index (κ1) is 29.6. The van der Waals surface area contributed by atoms with Crippen LogP contribution in [0, 0.1) is 5.82 Å². The highest BCUT2D eigenvalue weighted by molar-refractivity contribution is 6.01. The SMILES string of the molecule is Fc1cc(OCCN2CCCC2)cc(-c2cncc3[nH]c(-c4n[nH]c5ccc(-c6cncc(OCCN7CCCC7)c6)cc45)cc23)c1. The van der Waals surface area contributed by atoms with Gasteiger partial charge < -0.3 is 14.5 Å². The minimum atomic E-state index is -0.340. The van der Waals surface area contributed by atoms with Gasteiger partial charge in [0, 0.05) is 53.4 Å². The Balaban J connectivity index is 1.05. The number of aromatic amines is 2. The Morgan fingerprint density at radius 2 is 1.38 bits per heavy atom. The van der Waals surface area contributed by atoms with E-state index in [1.807, 2.05) is 24.4 Å². The summed E-state index contributed by atoms with van der Waals surface area (Å²) < 4.78 is 26.9. The maximum Gasteiger partial charge on any atom is 0.138 e. The second kappa shape index (κ2) is 13.1. The van der Waals surface area contributed by atoms with Gasteiger partial charge in [-0.1, -0.05) is 6.07 Å². The largest absolute Gasteiger partial charge is 0.492 e. The van der Waals surface area contributed by atoms with Gasteiger partial charge in [0.2, 0.25) is 0 Å². The average Bonchev–Trinajstić information content (AvgIpc) is 3.91. The van der Waals surface area contributed by atoms with Crippen molar-refractivity contribution in [2.24, 2.45) is 0 Å². The summed E-state index contributed by atoms with van der Waals surface area (Å²) in [6, 6.07) is 15.2. The highest BCUT2D eigenvalue weighted by Gasteiger charge is 2.17. The van der Waals surface area contributed by atoms with Crippen molar-refractivity contribution in [3.8, 4) is 45.1 Å². The molecule has 0 amide bonds. The van der Waals surface area contributed by atoms with E-state index in [1.165, 1.54) is 37.8 Å². The maximum atomic E-state index is 14.8. The number of likely N-dealkylation sites (tertiary alicyclic amines) is 2. The van der Waals surface area contributed by atoms with Crippen molar-refractivity contribution < 1.29 is 13.9 Å². The number of fused-ring (bicyclic) bond motifs is 2. The van der Waals surface area contributed by atoms with Crippen LogP contribution >= 0.6 is 0 Å². The predicted molar refractivity (Wildman–Crippen MR) is 182 cm³/mol. The van der Waals surface area contributed by atoms with Crippen molar-refractivity contribution in [1.82, 2.24) is 34.9 Å². The molecule has 6 heterocycles. The minimum absolute atomic E-state index is 0.340. The van der Waals surface area contributed by atoms with E-state index >= 15 is 0 Å². The van der Waals surface area contributed by atoms with E-state index in [2.05, 4.69) is 53.1 Å². The van der Waals surface area contributed by atoms with Gasteiger partial charge in [-0.15, -0.1) is 0 Å². The van der Waals surface area contributed by atoms with Crippen molar-refractivity contribution in [3.63, 3.8) is 0 Å². The van der Waals surface area contributed by atoms with Gasteiger partial charge in [-0.05, 0) is 99.4 Å². The molecule has 0 aliphatic carbocycles. The molecule has 2 aromatic carbocycles. The molecule has 0 unspecified atom stereocenters. The summed E-state index contributed by atoms with van der Waals surface area (Å²) >= 11 is 0. The molecule has 10 heteroatoms. The van der Waals surface area contributed by atoms with Gasteiger partial charge in [-0.3, -0.25) is 24.9 Å². The lowest BCUT2D eigenvalue weighted by molar-refractivity contribution is 0.237. The number of hydrogen-bond acceptors (Lipinski definition) is 7. The van der Waals surface area contributed by atoms with E-state index in [0.29, 0.717) is 24.5 Å². The molecule has 2 saturated heterocycles. The molecule has 240 valence electrons. The number of benzene rings is 2. The van der Waals surface area contributed by atoms with E-state index in [1.54, 1.807) is 18.6 Å². The summed E-state index contributed by atoms with van der Waals surface area (Å²) in [6.07, 6.45) is 12.2. The number of nitrogens with one attached hydrogen (secondary N) is 2. The van der Waals surface area contributed by atoms with E-state index in [4.69, 9.17) is 9.47 Å². The van der Waals surface area contributed by atoms with Crippen LogP contribution in [0.3, 0.4) is 0 Å². The van der Waals surface area contributed by atoms with E-state index < -0.39 is 0 Å². The first-order valence-electron chi connectivity index (χ1n) is 16.6. The lowest BCUT2D eigenvalue weighted by Gasteiger charge is -2.15. The Bertz CT molecular complexity index is 2010. The number of rotatable bonds is 11. The van der Waals surface area contributed by atoms with Crippen LogP contribution in [0.1, 0.15) is 25.7 Å². The Morgan fingerprint density at radius 3 is 2.17 bits per heavy atom. The first-order valence-corrected chi connectivity index (χ1v) is 16.6. The van der Waals surface area contributed by atoms with Crippen LogP contribution < -0.4 is 9.47 Å². The number of H-pyrrole nitrogens is 2. The fourth-order valence-electron chi connectivity index (χ4n) is 6.86. The molecular formula is C37H38FN7O2. The molecule has 9 nitrogen and oxygen atoms in total. The number of pyridine rings is 2. The molecule has 0 bridgehead atoms. The van der Waals surface area contributed by atoms with Crippen molar-refractivity contribution in [2.45, 2.75) is 25.7 Å².